The van der Waals surface area contributed by atoms with Crippen LogP contribution in [0.25, 0.3) is 0 Å². The molecule has 0 fully saturated rings. The molecule has 0 saturated carbocycles. The van der Waals surface area contributed by atoms with Crippen molar-refractivity contribution in [1.29, 1.82) is 0 Å². The van der Waals surface area contributed by atoms with Crippen molar-refractivity contribution < 1.29 is 5.11 Å². The molecule has 0 radical (unpaired) electrons. The molecule has 0 aliphatic rings. The van der Waals surface area contributed by atoms with Crippen molar-refractivity contribution in [3.63, 3.8) is 0 Å². The highest BCUT2D eigenvalue weighted by Crippen LogP contribution is 2.23. The summed E-state index contributed by atoms with van der Waals surface area (Å²) in [5.41, 5.74) is 3.57. The summed E-state index contributed by atoms with van der Waals surface area (Å²) in [7, 11) is 0. The van der Waals surface area contributed by atoms with Gasteiger partial charge in [-0.25, -0.2) is 0 Å². The molecule has 1 atom stereocenters. The molecule has 2 aromatic rings. The summed E-state index contributed by atoms with van der Waals surface area (Å²) in [6.07, 6.45) is 1.87. The van der Waals surface area contributed by atoms with Crippen molar-refractivity contribution in [2.45, 2.75) is 32.3 Å². The molecule has 0 bridgehead atoms. The predicted molar refractivity (Wildman–Crippen MR) is 88.4 cm³/mol. The standard InChI is InChI=1S/C17H18BrClO/c1-12-4-2-3-5-13(12)7-9-16(20)10-14-6-8-15(18)11-17(14)19/h2-6,8,11,16,20H,7,9-10H2,1H3. The average Bonchev–Trinajstić information content (AvgIpc) is 2.41. The van der Waals surface area contributed by atoms with Crippen LogP contribution in [0.5, 0.6) is 0 Å². The smallest absolute Gasteiger partial charge is 0.0584 e. The van der Waals surface area contributed by atoms with Crippen molar-refractivity contribution in [1.82, 2.24) is 0 Å². The summed E-state index contributed by atoms with van der Waals surface area (Å²) in [5.74, 6) is 0. The molecule has 2 aromatic carbocycles. The van der Waals surface area contributed by atoms with Crippen LogP contribution < -0.4 is 0 Å². The molecular formula is C17H18BrClO. The quantitative estimate of drug-likeness (QED) is 0.806. The van der Waals surface area contributed by atoms with Gasteiger partial charge in [-0.1, -0.05) is 57.9 Å². The van der Waals surface area contributed by atoms with E-state index in [1.165, 1.54) is 11.1 Å². The molecule has 0 spiro atoms. The van der Waals surface area contributed by atoms with Gasteiger partial charge < -0.3 is 5.11 Å². The average molecular weight is 354 g/mol. The van der Waals surface area contributed by atoms with Gasteiger partial charge in [0.2, 0.25) is 0 Å². The van der Waals surface area contributed by atoms with Crippen LogP contribution in [0.1, 0.15) is 23.1 Å². The second-order valence-corrected chi connectivity index (χ2v) is 6.38. The van der Waals surface area contributed by atoms with Gasteiger partial charge in [0, 0.05) is 9.50 Å². The summed E-state index contributed by atoms with van der Waals surface area (Å²) in [6.45, 7) is 2.10. The number of aliphatic hydroxyl groups excluding tert-OH is 1. The van der Waals surface area contributed by atoms with Crippen LogP contribution in [0.4, 0.5) is 0 Å². The van der Waals surface area contributed by atoms with Crippen LogP contribution in [0, 0.1) is 6.92 Å². The number of hydrogen-bond donors (Lipinski definition) is 1. The van der Waals surface area contributed by atoms with Gasteiger partial charge >= 0.3 is 0 Å². The van der Waals surface area contributed by atoms with Gasteiger partial charge in [-0.2, -0.15) is 0 Å². The first-order chi connectivity index (χ1) is 9.56. The zero-order chi connectivity index (χ0) is 14.5. The van der Waals surface area contributed by atoms with Gasteiger partial charge in [0.25, 0.3) is 0 Å². The van der Waals surface area contributed by atoms with Crippen molar-refractivity contribution in [2.24, 2.45) is 0 Å². The first-order valence-electron chi connectivity index (χ1n) is 6.73. The molecule has 0 aliphatic heterocycles. The highest BCUT2D eigenvalue weighted by molar-refractivity contribution is 9.10. The lowest BCUT2D eigenvalue weighted by atomic mass is 9.99. The van der Waals surface area contributed by atoms with Gasteiger partial charge in [0.1, 0.15) is 0 Å². The maximum absolute atomic E-state index is 10.2. The summed E-state index contributed by atoms with van der Waals surface area (Å²) in [5, 5.41) is 10.9. The Balaban J connectivity index is 1.92. The number of hydrogen-bond acceptors (Lipinski definition) is 1. The fraction of sp³-hybridized carbons (Fsp3) is 0.294. The van der Waals surface area contributed by atoms with E-state index in [-0.39, 0.29) is 6.10 Å². The molecule has 1 N–H and O–H groups in total. The minimum Gasteiger partial charge on any atom is -0.393 e. The number of aryl methyl sites for hydroxylation is 2. The van der Waals surface area contributed by atoms with E-state index in [1.54, 1.807) is 0 Å². The van der Waals surface area contributed by atoms with Crippen LogP contribution in [-0.4, -0.2) is 11.2 Å². The number of rotatable bonds is 5. The monoisotopic (exact) mass is 352 g/mol. The Morgan fingerprint density at radius 1 is 1.15 bits per heavy atom. The van der Waals surface area contributed by atoms with Crippen LogP contribution in [0.3, 0.4) is 0 Å². The van der Waals surface area contributed by atoms with E-state index in [0.29, 0.717) is 11.4 Å². The lowest BCUT2D eigenvalue weighted by Gasteiger charge is -2.13. The molecule has 20 heavy (non-hydrogen) atoms. The third-order valence-corrected chi connectivity index (χ3v) is 4.32. The molecule has 0 aromatic heterocycles. The largest absolute Gasteiger partial charge is 0.393 e. The van der Waals surface area contributed by atoms with Crippen LogP contribution >= 0.6 is 27.5 Å². The molecule has 0 aliphatic carbocycles. The number of aliphatic hydroxyl groups is 1. The molecule has 0 amide bonds. The van der Waals surface area contributed by atoms with Gasteiger partial charge in [-0.15, -0.1) is 0 Å². The van der Waals surface area contributed by atoms with E-state index >= 15 is 0 Å². The Bertz CT molecular complexity index is 583. The van der Waals surface area contributed by atoms with Gasteiger partial charge in [-0.3, -0.25) is 0 Å². The summed E-state index contributed by atoms with van der Waals surface area (Å²) in [4.78, 5) is 0. The highest BCUT2D eigenvalue weighted by atomic mass is 79.9. The van der Waals surface area contributed by atoms with Gasteiger partial charge in [0.15, 0.2) is 0 Å². The van der Waals surface area contributed by atoms with E-state index in [2.05, 4.69) is 35.0 Å². The van der Waals surface area contributed by atoms with Crippen molar-refractivity contribution in [2.75, 3.05) is 0 Å². The Labute approximate surface area is 133 Å². The fourth-order valence-electron chi connectivity index (χ4n) is 2.26. The maximum atomic E-state index is 10.2. The summed E-state index contributed by atoms with van der Waals surface area (Å²) < 4.78 is 0.959. The number of halogens is 2. The van der Waals surface area contributed by atoms with Crippen molar-refractivity contribution in [3.8, 4) is 0 Å². The number of benzene rings is 2. The predicted octanol–water partition coefficient (Wildman–Crippen LogP) is 4.95. The molecule has 0 heterocycles. The molecule has 106 valence electrons. The summed E-state index contributed by atoms with van der Waals surface area (Å²) >= 11 is 9.56. The van der Waals surface area contributed by atoms with Crippen LogP contribution in [-0.2, 0) is 12.8 Å². The summed E-state index contributed by atoms with van der Waals surface area (Å²) in [6, 6.07) is 14.1. The topological polar surface area (TPSA) is 20.2 Å². The highest BCUT2D eigenvalue weighted by Gasteiger charge is 2.10. The van der Waals surface area contributed by atoms with Gasteiger partial charge in [0.05, 0.1) is 6.10 Å². The van der Waals surface area contributed by atoms with Crippen molar-refractivity contribution >= 4 is 27.5 Å². The third kappa shape index (κ3) is 4.34. The first kappa shape index (κ1) is 15.6. The third-order valence-electron chi connectivity index (χ3n) is 3.48. The van der Waals surface area contributed by atoms with E-state index in [1.807, 2.05) is 30.3 Å². The van der Waals surface area contributed by atoms with E-state index < -0.39 is 0 Å². The molecule has 0 saturated heterocycles. The zero-order valence-electron chi connectivity index (χ0n) is 11.4. The van der Waals surface area contributed by atoms with E-state index in [9.17, 15) is 5.11 Å². The molecule has 1 nitrogen and oxygen atoms in total. The molecule has 1 unspecified atom stereocenters. The lowest BCUT2D eigenvalue weighted by Crippen LogP contribution is -2.12. The Morgan fingerprint density at radius 2 is 1.90 bits per heavy atom. The first-order valence-corrected chi connectivity index (χ1v) is 7.90. The minimum absolute atomic E-state index is 0.367. The normalized spacial score (nSPS) is 12.4. The van der Waals surface area contributed by atoms with E-state index in [0.717, 1.165) is 22.9 Å². The van der Waals surface area contributed by atoms with Crippen molar-refractivity contribution in [3.05, 3.63) is 68.7 Å². The van der Waals surface area contributed by atoms with Crippen LogP contribution in [0.2, 0.25) is 5.02 Å². The Morgan fingerprint density at radius 3 is 2.60 bits per heavy atom. The van der Waals surface area contributed by atoms with E-state index in [4.69, 9.17) is 11.6 Å². The molecular weight excluding hydrogens is 336 g/mol. The lowest BCUT2D eigenvalue weighted by molar-refractivity contribution is 0.165. The van der Waals surface area contributed by atoms with Crippen LogP contribution in [0.15, 0.2) is 46.9 Å². The zero-order valence-corrected chi connectivity index (χ0v) is 13.8. The second-order valence-electron chi connectivity index (χ2n) is 5.06. The fourth-order valence-corrected chi connectivity index (χ4v) is 3.01. The SMILES string of the molecule is Cc1ccccc1CCC(O)Cc1ccc(Br)cc1Cl. The Hall–Kier alpha value is -0.830. The minimum atomic E-state index is -0.367. The molecule has 3 heteroatoms. The second kappa shape index (κ2) is 7.26. The van der Waals surface area contributed by atoms with Gasteiger partial charge in [-0.05, 0) is 55.0 Å². The molecule has 2 rings (SSSR count). The Kier molecular flexibility index (Phi) is 5.64. The maximum Gasteiger partial charge on any atom is 0.0584 e.